The van der Waals surface area contributed by atoms with Crippen molar-refractivity contribution in [3.05, 3.63) is 0 Å². The molecule has 18 heavy (non-hydrogen) atoms. The molecule has 0 amide bonds. The van der Waals surface area contributed by atoms with E-state index < -0.39 is 11.0 Å². The fourth-order valence-corrected chi connectivity index (χ4v) is 4.06. The smallest absolute Gasteiger partial charge is 0.0973 e. The van der Waals surface area contributed by atoms with Crippen LogP contribution in [-0.4, -0.2) is 39.3 Å². The third-order valence-electron chi connectivity index (χ3n) is 4.31. The number of aliphatic hydroxyl groups excluding tert-OH is 1. The molecule has 5 heteroatoms. The monoisotopic (exact) mass is 274 g/mol. The maximum Gasteiger partial charge on any atom is 0.0973 e. The number of aliphatic hydroxyl groups is 1. The Bertz CT molecular complexity index is 325. The minimum atomic E-state index is -1.04. The maximum absolute atomic E-state index is 12.3. The Kier molecular flexibility index (Phi) is 4.17. The van der Waals surface area contributed by atoms with Crippen molar-refractivity contribution in [2.24, 2.45) is 5.41 Å². The maximum atomic E-state index is 12.3. The lowest BCUT2D eigenvalue weighted by Crippen LogP contribution is -2.57. The summed E-state index contributed by atoms with van der Waals surface area (Å²) in [5, 5.41) is 13.2. The van der Waals surface area contributed by atoms with E-state index >= 15 is 0 Å². The zero-order valence-electron chi connectivity index (χ0n) is 11.7. The van der Waals surface area contributed by atoms with Crippen LogP contribution < -0.4 is 10.0 Å². The molecule has 0 aromatic heterocycles. The lowest BCUT2D eigenvalue weighted by atomic mass is 9.74. The molecule has 2 fully saturated rings. The molecule has 0 aromatic rings. The van der Waals surface area contributed by atoms with E-state index in [1.807, 2.05) is 20.8 Å². The Balaban J connectivity index is 2.07. The fraction of sp³-hybridized carbons (Fsp3) is 1.00. The molecule has 4 nitrogen and oxygen atoms in total. The van der Waals surface area contributed by atoms with Gasteiger partial charge in [0.1, 0.15) is 0 Å². The Hall–Kier alpha value is 0.0300. The third-order valence-corrected chi connectivity index (χ3v) is 5.92. The van der Waals surface area contributed by atoms with Crippen molar-refractivity contribution in [1.29, 1.82) is 0 Å². The number of rotatable bonds is 2. The second-order valence-electron chi connectivity index (χ2n) is 6.76. The molecule has 2 rings (SSSR count). The van der Waals surface area contributed by atoms with Crippen molar-refractivity contribution in [3.63, 3.8) is 0 Å². The quantitative estimate of drug-likeness (QED) is 0.702. The van der Waals surface area contributed by atoms with Crippen LogP contribution in [0, 0.1) is 5.41 Å². The van der Waals surface area contributed by atoms with Crippen LogP contribution in [0.3, 0.4) is 0 Å². The summed E-state index contributed by atoms with van der Waals surface area (Å²) >= 11 is 0. The number of piperidine rings is 1. The first-order valence-corrected chi connectivity index (χ1v) is 8.05. The summed E-state index contributed by atoms with van der Waals surface area (Å²) in [5.74, 6) is 0. The van der Waals surface area contributed by atoms with Gasteiger partial charge in [0.2, 0.25) is 0 Å². The van der Waals surface area contributed by atoms with Gasteiger partial charge >= 0.3 is 0 Å². The average Bonchev–Trinajstić information content (AvgIpc) is 2.63. The van der Waals surface area contributed by atoms with Gasteiger partial charge in [-0.25, -0.2) is 8.93 Å². The van der Waals surface area contributed by atoms with E-state index in [0.717, 1.165) is 38.8 Å². The SMILES string of the molecule is CC(C)(C)[S@](=O)NC1CNCCC12CC[C@H](O)C2. The topological polar surface area (TPSA) is 61.4 Å². The largest absolute Gasteiger partial charge is 0.393 e. The summed E-state index contributed by atoms with van der Waals surface area (Å²) in [6.45, 7) is 7.83. The van der Waals surface area contributed by atoms with Gasteiger partial charge in [-0.3, -0.25) is 0 Å². The second kappa shape index (κ2) is 5.19. The standard InChI is InChI=1S/C13H26N2O2S/c1-12(2,3)18(17)15-11-9-14-7-6-13(11)5-4-10(16)8-13/h10-11,14-16H,4-9H2,1-3H3/t10-,11?,13?,18-/m0/s1. The summed E-state index contributed by atoms with van der Waals surface area (Å²) in [4.78, 5) is 0. The van der Waals surface area contributed by atoms with Crippen LogP contribution in [-0.2, 0) is 11.0 Å². The highest BCUT2D eigenvalue weighted by Crippen LogP contribution is 2.45. The first-order valence-electron chi connectivity index (χ1n) is 6.90. The van der Waals surface area contributed by atoms with Gasteiger partial charge in [0.25, 0.3) is 0 Å². The first-order chi connectivity index (χ1) is 8.33. The van der Waals surface area contributed by atoms with Crippen LogP contribution in [0.2, 0.25) is 0 Å². The Morgan fingerprint density at radius 1 is 1.39 bits per heavy atom. The summed E-state index contributed by atoms with van der Waals surface area (Å²) in [6.07, 6.45) is 3.70. The minimum Gasteiger partial charge on any atom is -0.393 e. The molecule has 0 aromatic carbocycles. The average molecular weight is 274 g/mol. The molecular weight excluding hydrogens is 248 g/mol. The molecule has 4 atom stereocenters. The van der Waals surface area contributed by atoms with Gasteiger partial charge in [-0.05, 0) is 58.4 Å². The number of hydrogen-bond acceptors (Lipinski definition) is 3. The van der Waals surface area contributed by atoms with E-state index in [2.05, 4.69) is 10.0 Å². The first kappa shape index (κ1) is 14.4. The van der Waals surface area contributed by atoms with Crippen LogP contribution in [0.25, 0.3) is 0 Å². The summed E-state index contributed by atoms with van der Waals surface area (Å²) in [7, 11) is -1.04. The molecular formula is C13H26N2O2S. The van der Waals surface area contributed by atoms with Crippen molar-refractivity contribution >= 4 is 11.0 Å². The van der Waals surface area contributed by atoms with Gasteiger partial charge < -0.3 is 10.4 Å². The molecule has 1 heterocycles. The van der Waals surface area contributed by atoms with E-state index in [9.17, 15) is 9.32 Å². The summed E-state index contributed by atoms with van der Waals surface area (Å²) in [6, 6.07) is 0.212. The molecule has 1 aliphatic carbocycles. The fourth-order valence-electron chi connectivity index (χ4n) is 3.12. The van der Waals surface area contributed by atoms with Gasteiger partial charge in [0.15, 0.2) is 0 Å². The van der Waals surface area contributed by atoms with Crippen molar-refractivity contribution in [2.75, 3.05) is 13.1 Å². The van der Waals surface area contributed by atoms with Crippen LogP contribution in [0.5, 0.6) is 0 Å². The molecule has 2 aliphatic rings. The normalized spacial score (nSPS) is 39.1. The highest BCUT2D eigenvalue weighted by atomic mass is 32.2. The minimum absolute atomic E-state index is 0.144. The van der Waals surface area contributed by atoms with Gasteiger partial charge in [0.05, 0.1) is 21.8 Å². The van der Waals surface area contributed by atoms with Crippen LogP contribution in [0.15, 0.2) is 0 Å². The van der Waals surface area contributed by atoms with E-state index in [0.29, 0.717) is 0 Å². The summed E-state index contributed by atoms with van der Waals surface area (Å²) in [5.41, 5.74) is 0.144. The molecule has 0 bridgehead atoms. The van der Waals surface area contributed by atoms with Gasteiger partial charge in [-0.1, -0.05) is 0 Å². The van der Waals surface area contributed by atoms with Gasteiger partial charge in [0, 0.05) is 12.6 Å². The predicted octanol–water partition coefficient (Wildman–Crippen LogP) is 0.931. The highest BCUT2D eigenvalue weighted by molar-refractivity contribution is 7.84. The zero-order chi connectivity index (χ0) is 13.4. The third kappa shape index (κ3) is 2.95. The van der Waals surface area contributed by atoms with E-state index in [-0.39, 0.29) is 22.3 Å². The Labute approximate surface area is 113 Å². The molecule has 1 saturated carbocycles. The van der Waals surface area contributed by atoms with Crippen molar-refractivity contribution in [3.8, 4) is 0 Å². The highest BCUT2D eigenvalue weighted by Gasteiger charge is 2.46. The number of nitrogens with one attached hydrogen (secondary N) is 2. The molecule has 1 spiro atoms. The molecule has 3 N–H and O–H groups in total. The second-order valence-corrected chi connectivity index (χ2v) is 8.76. The predicted molar refractivity (Wildman–Crippen MR) is 74.6 cm³/mol. The van der Waals surface area contributed by atoms with Crippen molar-refractivity contribution < 1.29 is 9.32 Å². The van der Waals surface area contributed by atoms with E-state index in [1.54, 1.807) is 0 Å². The van der Waals surface area contributed by atoms with E-state index in [4.69, 9.17) is 0 Å². The summed E-state index contributed by atoms with van der Waals surface area (Å²) < 4.78 is 15.3. The van der Waals surface area contributed by atoms with Crippen molar-refractivity contribution in [2.45, 2.75) is 63.3 Å². The Morgan fingerprint density at radius 3 is 2.67 bits per heavy atom. The van der Waals surface area contributed by atoms with E-state index in [1.165, 1.54) is 0 Å². The van der Waals surface area contributed by atoms with Crippen LogP contribution in [0.4, 0.5) is 0 Å². The Morgan fingerprint density at radius 2 is 2.11 bits per heavy atom. The number of hydrogen-bond donors (Lipinski definition) is 3. The van der Waals surface area contributed by atoms with Crippen molar-refractivity contribution in [1.82, 2.24) is 10.0 Å². The van der Waals surface area contributed by atoms with Gasteiger partial charge in [-0.15, -0.1) is 0 Å². The lowest BCUT2D eigenvalue weighted by molar-refractivity contribution is 0.118. The van der Waals surface area contributed by atoms with Gasteiger partial charge in [-0.2, -0.15) is 0 Å². The molecule has 1 saturated heterocycles. The lowest BCUT2D eigenvalue weighted by Gasteiger charge is -2.43. The molecule has 2 unspecified atom stereocenters. The van der Waals surface area contributed by atoms with Crippen LogP contribution >= 0.6 is 0 Å². The molecule has 1 aliphatic heterocycles. The van der Waals surface area contributed by atoms with Crippen LogP contribution in [0.1, 0.15) is 46.5 Å². The zero-order valence-corrected chi connectivity index (χ0v) is 12.5. The molecule has 106 valence electrons. The molecule has 0 radical (unpaired) electrons.